The molecule has 10 heteroatoms. The Morgan fingerprint density at radius 3 is 2.00 bits per heavy atom. The largest absolute Gasteiger partial charge is 0.325 e. The van der Waals surface area contributed by atoms with Crippen LogP contribution in [0.25, 0.3) is 6.08 Å². The zero-order valence-electron chi connectivity index (χ0n) is 26.8. The van der Waals surface area contributed by atoms with E-state index in [0.717, 1.165) is 10.5 Å². The van der Waals surface area contributed by atoms with E-state index in [0.29, 0.717) is 28.4 Å². The van der Waals surface area contributed by atoms with E-state index in [4.69, 9.17) is 0 Å². The Bertz CT molecular complexity index is 1960. The van der Waals surface area contributed by atoms with Gasteiger partial charge in [0.25, 0.3) is 17.5 Å². The molecule has 0 heterocycles. The summed E-state index contributed by atoms with van der Waals surface area (Å²) in [7, 11) is 0. The highest BCUT2D eigenvalue weighted by Gasteiger charge is 2.23. The number of anilines is 2. The molecule has 0 saturated carbocycles. The quantitative estimate of drug-likeness (QED) is 0.0528. The van der Waals surface area contributed by atoms with Crippen LogP contribution in [0.15, 0.2) is 144 Å². The van der Waals surface area contributed by atoms with Crippen molar-refractivity contribution in [2.24, 2.45) is 0 Å². The Labute approximate surface area is 288 Å². The first-order valence-corrected chi connectivity index (χ1v) is 16.4. The monoisotopic (exact) mass is 670 g/mol. The van der Waals surface area contributed by atoms with Gasteiger partial charge >= 0.3 is 0 Å². The Hall–Kier alpha value is -6.00. The molecule has 0 spiro atoms. The van der Waals surface area contributed by atoms with Gasteiger partial charge in [0.05, 0.1) is 4.92 Å². The second kappa shape index (κ2) is 16.2. The second-order valence-electron chi connectivity index (χ2n) is 11.4. The molecule has 0 saturated heterocycles. The number of benzene rings is 5. The Morgan fingerprint density at radius 2 is 1.37 bits per heavy atom. The van der Waals surface area contributed by atoms with Gasteiger partial charge in [-0.1, -0.05) is 80.6 Å². The summed E-state index contributed by atoms with van der Waals surface area (Å²) < 4.78 is 0. The molecular weight excluding hydrogens is 637 g/mol. The van der Waals surface area contributed by atoms with Gasteiger partial charge in [-0.3, -0.25) is 24.5 Å². The predicted molar refractivity (Wildman–Crippen MR) is 194 cm³/mol. The molecule has 5 rings (SSSR count). The Balaban J connectivity index is 1.37. The van der Waals surface area contributed by atoms with Crippen molar-refractivity contribution in [3.05, 3.63) is 172 Å². The number of nitro groups is 1. The summed E-state index contributed by atoms with van der Waals surface area (Å²) in [6, 6.07) is 38.4. The molecule has 5 aromatic rings. The van der Waals surface area contributed by atoms with Crippen LogP contribution in [0, 0.1) is 10.1 Å². The predicted octanol–water partition coefficient (Wildman–Crippen LogP) is 8.60. The van der Waals surface area contributed by atoms with Crippen LogP contribution in [0.5, 0.6) is 0 Å². The zero-order valence-corrected chi connectivity index (χ0v) is 27.6. The first-order valence-electron chi connectivity index (χ1n) is 15.5. The lowest BCUT2D eigenvalue weighted by Crippen LogP contribution is -2.30. The van der Waals surface area contributed by atoms with Crippen LogP contribution in [-0.4, -0.2) is 22.6 Å². The van der Waals surface area contributed by atoms with Crippen LogP contribution in [0.4, 0.5) is 17.1 Å². The molecule has 0 radical (unpaired) electrons. The smallest absolute Gasteiger partial charge is 0.272 e. The number of non-ortho nitro benzene ring substituents is 1. The van der Waals surface area contributed by atoms with Crippen LogP contribution in [-0.2, 0) is 9.59 Å². The second-order valence-corrected chi connectivity index (χ2v) is 12.6. The normalized spacial score (nSPS) is 11.8. The lowest BCUT2D eigenvalue weighted by molar-refractivity contribution is -0.384. The number of hydrogen-bond acceptors (Lipinski definition) is 6. The highest BCUT2D eigenvalue weighted by atomic mass is 32.2. The minimum Gasteiger partial charge on any atom is -0.325 e. The van der Waals surface area contributed by atoms with E-state index in [2.05, 4.69) is 29.8 Å². The summed E-state index contributed by atoms with van der Waals surface area (Å²) in [6.45, 7) is 4.23. The minimum absolute atomic E-state index is 0.0641. The molecule has 1 unspecified atom stereocenters. The van der Waals surface area contributed by atoms with E-state index in [1.54, 1.807) is 48.5 Å². The number of nitro benzene ring substituents is 1. The number of nitrogens with one attached hydrogen (secondary N) is 3. The van der Waals surface area contributed by atoms with Gasteiger partial charge in [-0.15, -0.1) is 11.8 Å². The molecule has 0 aromatic heterocycles. The SMILES string of the molecule is CC(C)c1ccc(NC(=O)C(Sc2cccc(NC(=O)/C(=C\c3ccc([N+](=O)[O-])cc3)NC(=O)c3ccccc3)c2)c2ccccc2)cc1. The molecule has 0 aliphatic rings. The van der Waals surface area contributed by atoms with Gasteiger partial charge in [-0.05, 0) is 83.3 Å². The third-order valence-corrected chi connectivity index (χ3v) is 8.72. The molecule has 3 amide bonds. The fourth-order valence-corrected chi connectivity index (χ4v) is 5.93. The van der Waals surface area contributed by atoms with Gasteiger partial charge < -0.3 is 16.0 Å². The van der Waals surface area contributed by atoms with Gasteiger partial charge in [0.2, 0.25) is 5.91 Å². The number of thioether (sulfide) groups is 1. The van der Waals surface area contributed by atoms with Crippen molar-refractivity contribution in [3.8, 4) is 0 Å². The van der Waals surface area contributed by atoms with Crippen LogP contribution < -0.4 is 16.0 Å². The molecule has 3 N–H and O–H groups in total. The van der Waals surface area contributed by atoms with Crippen molar-refractivity contribution in [1.29, 1.82) is 0 Å². The zero-order chi connectivity index (χ0) is 34.8. The highest BCUT2D eigenvalue weighted by Crippen LogP contribution is 2.37. The van der Waals surface area contributed by atoms with E-state index in [-0.39, 0.29) is 17.3 Å². The number of carbonyl (C=O) groups is 3. The molecule has 0 fully saturated rings. The van der Waals surface area contributed by atoms with Crippen molar-refractivity contribution < 1.29 is 19.3 Å². The molecular formula is C39H34N4O5S. The number of carbonyl (C=O) groups excluding carboxylic acids is 3. The number of hydrogen-bond donors (Lipinski definition) is 3. The Morgan fingerprint density at radius 1 is 0.714 bits per heavy atom. The minimum atomic E-state index is -0.605. The molecule has 0 aliphatic carbocycles. The van der Waals surface area contributed by atoms with Gasteiger partial charge in [-0.2, -0.15) is 0 Å². The highest BCUT2D eigenvalue weighted by molar-refractivity contribution is 8.00. The standard InChI is InChI=1S/C39H34N4O5S/c1-26(2)28-18-20-31(21-19-28)40-39(46)36(29-10-5-3-6-11-29)49-34-15-9-14-32(25-34)41-38(45)35(42-37(44)30-12-7-4-8-13-30)24-27-16-22-33(23-17-27)43(47)48/h3-26,36H,1-2H3,(H,40,46)(H,41,45)(H,42,44)/b35-24+. The molecule has 0 bridgehead atoms. The van der Waals surface area contributed by atoms with E-state index in [9.17, 15) is 24.5 Å². The fraction of sp³-hybridized carbons (Fsp3) is 0.103. The third-order valence-electron chi connectivity index (χ3n) is 7.47. The van der Waals surface area contributed by atoms with Crippen molar-refractivity contribution in [2.75, 3.05) is 10.6 Å². The average molecular weight is 671 g/mol. The van der Waals surface area contributed by atoms with Crippen LogP contribution in [0.1, 0.15) is 52.1 Å². The molecule has 9 nitrogen and oxygen atoms in total. The van der Waals surface area contributed by atoms with Gasteiger partial charge in [-0.25, -0.2) is 0 Å². The average Bonchev–Trinajstić information content (AvgIpc) is 3.11. The van der Waals surface area contributed by atoms with Gasteiger partial charge in [0, 0.05) is 34.0 Å². The van der Waals surface area contributed by atoms with E-state index >= 15 is 0 Å². The van der Waals surface area contributed by atoms with Crippen molar-refractivity contribution in [1.82, 2.24) is 5.32 Å². The topological polar surface area (TPSA) is 130 Å². The van der Waals surface area contributed by atoms with E-state index in [1.165, 1.54) is 47.7 Å². The van der Waals surface area contributed by atoms with Crippen LogP contribution in [0.2, 0.25) is 0 Å². The fourth-order valence-electron chi connectivity index (χ4n) is 4.84. The molecule has 1 atom stereocenters. The maximum absolute atomic E-state index is 13.7. The van der Waals surface area contributed by atoms with Crippen LogP contribution in [0.3, 0.4) is 0 Å². The van der Waals surface area contributed by atoms with Crippen molar-refractivity contribution >= 4 is 52.6 Å². The first kappa shape index (κ1) is 34.3. The lowest BCUT2D eigenvalue weighted by Gasteiger charge is -2.18. The Kier molecular flexibility index (Phi) is 11.4. The number of rotatable bonds is 12. The maximum Gasteiger partial charge on any atom is 0.272 e. The van der Waals surface area contributed by atoms with Crippen LogP contribution >= 0.6 is 11.8 Å². The lowest BCUT2D eigenvalue weighted by atomic mass is 10.0. The van der Waals surface area contributed by atoms with E-state index in [1.807, 2.05) is 60.7 Å². The molecule has 0 aliphatic heterocycles. The van der Waals surface area contributed by atoms with Crippen molar-refractivity contribution in [2.45, 2.75) is 29.9 Å². The summed E-state index contributed by atoms with van der Waals surface area (Å²) in [6.07, 6.45) is 1.45. The molecule has 5 aromatic carbocycles. The number of nitrogens with zero attached hydrogens (tertiary/aromatic N) is 1. The summed E-state index contributed by atoms with van der Waals surface area (Å²) in [5.74, 6) is -0.921. The molecule has 49 heavy (non-hydrogen) atoms. The third kappa shape index (κ3) is 9.52. The van der Waals surface area contributed by atoms with Gasteiger partial charge in [0.15, 0.2) is 0 Å². The van der Waals surface area contributed by atoms with Crippen molar-refractivity contribution in [3.63, 3.8) is 0 Å². The molecule has 246 valence electrons. The first-order chi connectivity index (χ1) is 23.7. The van der Waals surface area contributed by atoms with Gasteiger partial charge in [0.1, 0.15) is 10.9 Å². The summed E-state index contributed by atoms with van der Waals surface area (Å²) >= 11 is 1.34. The van der Waals surface area contributed by atoms with E-state index < -0.39 is 22.0 Å². The summed E-state index contributed by atoms with van der Waals surface area (Å²) in [5.41, 5.74) is 3.79. The maximum atomic E-state index is 13.7. The summed E-state index contributed by atoms with van der Waals surface area (Å²) in [4.78, 5) is 51.6. The number of amides is 3. The summed E-state index contributed by atoms with van der Waals surface area (Å²) in [5, 5.41) is 19.1.